The molecule has 0 saturated heterocycles. The molecule has 0 radical (unpaired) electrons. The van der Waals surface area contributed by atoms with E-state index in [9.17, 15) is 4.79 Å². The lowest BCUT2D eigenvalue weighted by Crippen LogP contribution is -2.14. The van der Waals surface area contributed by atoms with Crippen molar-refractivity contribution in [1.29, 1.82) is 10.5 Å². The summed E-state index contributed by atoms with van der Waals surface area (Å²) in [5.41, 5.74) is 0.852. The van der Waals surface area contributed by atoms with Gasteiger partial charge in [0.05, 0.1) is 17.0 Å². The molecule has 3 nitrogen and oxygen atoms in total. The number of carbonyl (C=O) groups excluding carboxylic acids is 1. The maximum absolute atomic E-state index is 12.2. The zero-order valence-electron chi connectivity index (χ0n) is 10.7. The molecule has 2 rings (SSSR count). The van der Waals surface area contributed by atoms with Crippen LogP contribution < -0.4 is 0 Å². The van der Waals surface area contributed by atoms with E-state index >= 15 is 0 Å². The predicted molar refractivity (Wildman–Crippen MR) is 77.2 cm³/mol. The Morgan fingerprint density at radius 2 is 1.80 bits per heavy atom. The van der Waals surface area contributed by atoms with E-state index in [2.05, 4.69) is 0 Å². The largest absolute Gasteiger partial charge is 0.293 e. The molecule has 0 bridgehead atoms. The molecule has 0 aliphatic carbocycles. The maximum atomic E-state index is 12.2. The maximum Gasteiger partial charge on any atom is 0.173 e. The van der Waals surface area contributed by atoms with Crippen molar-refractivity contribution in [2.75, 3.05) is 0 Å². The summed E-state index contributed by atoms with van der Waals surface area (Å²) in [7, 11) is 0. The molecular formula is C16H12N2OS. The van der Waals surface area contributed by atoms with Gasteiger partial charge in [0.15, 0.2) is 5.78 Å². The predicted octanol–water partition coefficient (Wildman–Crippen LogP) is 3.77. The second kappa shape index (κ2) is 6.65. The van der Waals surface area contributed by atoms with Crippen LogP contribution in [0.5, 0.6) is 0 Å². The molecule has 0 aliphatic rings. The molecule has 1 aromatic carbocycles. The van der Waals surface area contributed by atoms with Gasteiger partial charge in [0.1, 0.15) is 5.92 Å². The van der Waals surface area contributed by atoms with Gasteiger partial charge in [-0.3, -0.25) is 4.79 Å². The normalized spacial score (nSPS) is 11.6. The highest BCUT2D eigenvalue weighted by Gasteiger charge is 2.26. The van der Waals surface area contributed by atoms with E-state index in [0.29, 0.717) is 4.88 Å². The average Bonchev–Trinajstić information content (AvgIpc) is 3.02. The Morgan fingerprint density at radius 1 is 1.10 bits per heavy atom. The van der Waals surface area contributed by atoms with E-state index in [0.717, 1.165) is 5.56 Å². The Morgan fingerprint density at radius 3 is 2.35 bits per heavy atom. The molecule has 2 aromatic rings. The third-order valence-electron chi connectivity index (χ3n) is 3.11. The van der Waals surface area contributed by atoms with Crippen LogP contribution in [0, 0.1) is 28.6 Å². The molecular weight excluding hydrogens is 268 g/mol. The third kappa shape index (κ3) is 3.12. The third-order valence-corrected chi connectivity index (χ3v) is 4.02. The molecule has 4 heteroatoms. The van der Waals surface area contributed by atoms with Crippen molar-refractivity contribution in [1.82, 2.24) is 0 Å². The molecule has 98 valence electrons. The first-order chi connectivity index (χ1) is 9.76. The SMILES string of the molecule is N#CC(C#N)[C@H](CC(=O)c1cccs1)c1ccccc1. The van der Waals surface area contributed by atoms with Gasteiger partial charge in [0, 0.05) is 12.3 Å². The number of benzene rings is 1. The number of carbonyl (C=O) groups is 1. The number of ketones is 1. The van der Waals surface area contributed by atoms with Crippen LogP contribution in [0.25, 0.3) is 0 Å². The van der Waals surface area contributed by atoms with Gasteiger partial charge < -0.3 is 0 Å². The number of thiophene rings is 1. The van der Waals surface area contributed by atoms with Gasteiger partial charge in [-0.05, 0) is 17.0 Å². The van der Waals surface area contributed by atoms with Gasteiger partial charge in [0.2, 0.25) is 0 Å². The summed E-state index contributed by atoms with van der Waals surface area (Å²) in [5.74, 6) is -1.23. The molecule has 1 heterocycles. The Balaban J connectivity index is 2.27. The molecule has 0 spiro atoms. The van der Waals surface area contributed by atoms with Crippen LogP contribution in [0.2, 0.25) is 0 Å². The van der Waals surface area contributed by atoms with Crippen molar-refractivity contribution in [3.63, 3.8) is 0 Å². The van der Waals surface area contributed by atoms with Crippen molar-refractivity contribution in [2.45, 2.75) is 12.3 Å². The molecule has 0 amide bonds. The smallest absolute Gasteiger partial charge is 0.173 e. The van der Waals surface area contributed by atoms with Gasteiger partial charge in [-0.15, -0.1) is 11.3 Å². The molecule has 1 atom stereocenters. The van der Waals surface area contributed by atoms with E-state index < -0.39 is 5.92 Å². The Kier molecular flexibility index (Phi) is 4.65. The Hall–Kier alpha value is -2.43. The second-order valence-corrected chi connectivity index (χ2v) is 5.31. The first kappa shape index (κ1) is 14.0. The van der Waals surface area contributed by atoms with Crippen LogP contribution in [0.4, 0.5) is 0 Å². The van der Waals surface area contributed by atoms with Gasteiger partial charge in [-0.25, -0.2) is 0 Å². The quantitative estimate of drug-likeness (QED) is 0.783. The molecule has 0 saturated carbocycles. The van der Waals surface area contributed by atoms with Gasteiger partial charge >= 0.3 is 0 Å². The number of hydrogen-bond donors (Lipinski definition) is 0. The van der Waals surface area contributed by atoms with Gasteiger partial charge in [-0.2, -0.15) is 10.5 Å². The van der Waals surface area contributed by atoms with E-state index in [1.807, 2.05) is 53.9 Å². The lowest BCUT2D eigenvalue weighted by atomic mass is 9.83. The van der Waals surface area contributed by atoms with Crippen molar-refractivity contribution in [2.24, 2.45) is 5.92 Å². The highest BCUT2D eigenvalue weighted by molar-refractivity contribution is 7.12. The zero-order chi connectivity index (χ0) is 14.4. The van der Waals surface area contributed by atoms with E-state index in [1.165, 1.54) is 11.3 Å². The average molecular weight is 280 g/mol. The van der Waals surface area contributed by atoms with Gasteiger partial charge in [0.25, 0.3) is 0 Å². The Labute approximate surface area is 121 Å². The fourth-order valence-corrected chi connectivity index (χ4v) is 2.75. The second-order valence-electron chi connectivity index (χ2n) is 4.36. The molecule has 1 aromatic heterocycles. The first-order valence-corrected chi connectivity index (χ1v) is 7.05. The van der Waals surface area contributed by atoms with E-state index in [-0.39, 0.29) is 18.1 Å². The van der Waals surface area contributed by atoms with Crippen molar-refractivity contribution >= 4 is 17.1 Å². The highest BCUT2D eigenvalue weighted by Crippen LogP contribution is 2.29. The lowest BCUT2D eigenvalue weighted by Gasteiger charge is -2.16. The standard InChI is InChI=1S/C16H12N2OS/c17-10-13(11-18)14(12-5-2-1-3-6-12)9-15(19)16-7-4-8-20-16/h1-8,13-14H,9H2/t14-/m1/s1. The summed E-state index contributed by atoms with van der Waals surface area (Å²) in [6, 6.07) is 16.9. The summed E-state index contributed by atoms with van der Waals surface area (Å²) in [6.45, 7) is 0. The summed E-state index contributed by atoms with van der Waals surface area (Å²) < 4.78 is 0. The molecule has 20 heavy (non-hydrogen) atoms. The zero-order valence-corrected chi connectivity index (χ0v) is 11.5. The van der Waals surface area contributed by atoms with Crippen LogP contribution >= 0.6 is 11.3 Å². The number of hydrogen-bond acceptors (Lipinski definition) is 4. The lowest BCUT2D eigenvalue weighted by molar-refractivity contribution is 0.0975. The summed E-state index contributed by atoms with van der Waals surface area (Å²) in [6.07, 6.45) is 0.177. The van der Waals surface area contributed by atoms with Crippen LogP contribution in [0.1, 0.15) is 27.6 Å². The summed E-state index contributed by atoms with van der Waals surface area (Å²) >= 11 is 1.38. The summed E-state index contributed by atoms with van der Waals surface area (Å²) in [5, 5.41) is 20.1. The van der Waals surface area contributed by atoms with Crippen LogP contribution in [0.15, 0.2) is 47.8 Å². The van der Waals surface area contributed by atoms with Gasteiger partial charge in [-0.1, -0.05) is 36.4 Å². The fourth-order valence-electron chi connectivity index (χ4n) is 2.07. The van der Waals surface area contributed by atoms with Crippen LogP contribution in [0.3, 0.4) is 0 Å². The fraction of sp³-hybridized carbons (Fsp3) is 0.188. The number of Topliss-reactive ketones (excluding diaryl/α,β-unsaturated/α-hetero) is 1. The van der Waals surface area contributed by atoms with E-state index in [4.69, 9.17) is 10.5 Å². The van der Waals surface area contributed by atoms with Crippen molar-refractivity contribution in [3.8, 4) is 12.1 Å². The van der Waals surface area contributed by atoms with E-state index in [1.54, 1.807) is 6.07 Å². The van der Waals surface area contributed by atoms with Crippen molar-refractivity contribution < 1.29 is 4.79 Å². The first-order valence-electron chi connectivity index (χ1n) is 6.17. The topological polar surface area (TPSA) is 64.7 Å². The number of nitriles is 2. The minimum Gasteiger partial charge on any atom is -0.293 e. The molecule has 0 aliphatic heterocycles. The Bertz CT molecular complexity index is 636. The molecule has 0 unspecified atom stereocenters. The summed E-state index contributed by atoms with van der Waals surface area (Å²) in [4.78, 5) is 12.9. The van der Waals surface area contributed by atoms with Crippen molar-refractivity contribution in [3.05, 3.63) is 58.3 Å². The molecule has 0 fully saturated rings. The van der Waals surface area contributed by atoms with Crippen LogP contribution in [-0.2, 0) is 0 Å². The highest BCUT2D eigenvalue weighted by atomic mass is 32.1. The number of rotatable bonds is 5. The number of nitrogens with zero attached hydrogens (tertiary/aromatic N) is 2. The minimum absolute atomic E-state index is 0.0237. The van der Waals surface area contributed by atoms with Crippen LogP contribution in [-0.4, -0.2) is 5.78 Å². The molecule has 0 N–H and O–H groups in total. The monoisotopic (exact) mass is 280 g/mol. The minimum atomic E-state index is -0.818.